The molecular weight excluding hydrogens is 356 g/mol. The van der Waals surface area contributed by atoms with Gasteiger partial charge in [0.15, 0.2) is 17.5 Å². The third-order valence-electron chi connectivity index (χ3n) is 4.88. The Kier molecular flexibility index (Phi) is 7.70. The molecule has 1 amide bonds. The molecule has 0 heterocycles. The Balaban J connectivity index is 2.03. The smallest absolute Gasteiger partial charge is 0.282 e. The minimum atomic E-state index is -0.223. The van der Waals surface area contributed by atoms with E-state index in [4.69, 9.17) is 14.2 Å². The van der Waals surface area contributed by atoms with Crippen LogP contribution in [0.5, 0.6) is 17.2 Å². The van der Waals surface area contributed by atoms with E-state index in [1.807, 2.05) is 64.2 Å². The van der Waals surface area contributed by atoms with Gasteiger partial charge < -0.3 is 24.4 Å². The maximum atomic E-state index is 12.7. The zero-order chi connectivity index (χ0) is 20.7. The molecule has 2 N–H and O–H groups in total. The predicted molar refractivity (Wildman–Crippen MR) is 111 cm³/mol. The van der Waals surface area contributed by atoms with E-state index in [0.29, 0.717) is 24.7 Å². The van der Waals surface area contributed by atoms with Crippen LogP contribution in [0.4, 0.5) is 5.69 Å². The largest absolute Gasteiger partial charge is 0.494 e. The molecule has 1 unspecified atom stereocenters. The van der Waals surface area contributed by atoms with Crippen LogP contribution >= 0.6 is 0 Å². The molecular formula is C22H31N2O4+. The van der Waals surface area contributed by atoms with E-state index >= 15 is 0 Å². The van der Waals surface area contributed by atoms with Crippen molar-refractivity contribution in [3.8, 4) is 17.2 Å². The minimum absolute atomic E-state index is 0.0280. The molecule has 0 aliphatic carbocycles. The zero-order valence-electron chi connectivity index (χ0n) is 17.6. The summed E-state index contributed by atoms with van der Waals surface area (Å²) in [5.74, 6) is 2.17. The molecule has 2 rings (SSSR count). The highest BCUT2D eigenvalue weighted by atomic mass is 16.5. The van der Waals surface area contributed by atoms with E-state index in [1.165, 1.54) is 0 Å². The fourth-order valence-electron chi connectivity index (χ4n) is 2.94. The van der Waals surface area contributed by atoms with Crippen molar-refractivity contribution in [1.82, 2.24) is 0 Å². The van der Waals surface area contributed by atoms with Gasteiger partial charge in [-0.3, -0.25) is 4.79 Å². The molecule has 0 saturated carbocycles. The lowest BCUT2D eigenvalue weighted by molar-refractivity contribution is -0.907. The lowest BCUT2D eigenvalue weighted by atomic mass is 10.1. The molecule has 2 aromatic carbocycles. The highest BCUT2D eigenvalue weighted by Crippen LogP contribution is 2.29. The third-order valence-corrected chi connectivity index (χ3v) is 4.88. The highest BCUT2D eigenvalue weighted by Gasteiger charge is 2.23. The van der Waals surface area contributed by atoms with Crippen LogP contribution in [0.3, 0.4) is 0 Å². The molecule has 2 aromatic rings. The van der Waals surface area contributed by atoms with Crippen LogP contribution in [-0.2, 0) is 11.3 Å². The Hall–Kier alpha value is -2.73. The predicted octanol–water partition coefficient (Wildman–Crippen LogP) is 2.45. The number of hydrogen-bond acceptors (Lipinski definition) is 4. The van der Waals surface area contributed by atoms with Gasteiger partial charge in [0.25, 0.3) is 5.91 Å². The zero-order valence-corrected chi connectivity index (χ0v) is 17.6. The molecule has 28 heavy (non-hydrogen) atoms. The van der Waals surface area contributed by atoms with Crippen LogP contribution < -0.4 is 24.4 Å². The first-order valence-electron chi connectivity index (χ1n) is 9.47. The van der Waals surface area contributed by atoms with E-state index in [2.05, 4.69) is 5.32 Å². The number of likely N-dealkylation sites (N-methyl/N-ethyl adjacent to an activating group) is 1. The van der Waals surface area contributed by atoms with Crippen LogP contribution in [0, 0.1) is 6.92 Å². The van der Waals surface area contributed by atoms with Gasteiger partial charge in [-0.15, -0.1) is 0 Å². The number of amides is 1. The van der Waals surface area contributed by atoms with Gasteiger partial charge in [0.2, 0.25) is 0 Å². The molecule has 0 saturated heterocycles. The molecule has 0 spiro atoms. The summed E-state index contributed by atoms with van der Waals surface area (Å²) in [6.07, 6.45) is 0. The number of rotatable bonds is 9. The van der Waals surface area contributed by atoms with Crippen molar-refractivity contribution in [2.75, 3.05) is 33.2 Å². The van der Waals surface area contributed by atoms with Crippen molar-refractivity contribution in [3.63, 3.8) is 0 Å². The van der Waals surface area contributed by atoms with E-state index in [9.17, 15) is 4.79 Å². The van der Waals surface area contributed by atoms with Crippen molar-refractivity contribution >= 4 is 11.6 Å². The number of hydrogen-bond donors (Lipinski definition) is 2. The molecule has 152 valence electrons. The standard InChI is InChI=1S/C22H30N2O4/c1-7-28-19-10-8-18(9-11-19)23-22(25)16(3)24(4)14-17-13-21(27-6)20(26-5)12-15(17)2/h8-13,16H,7,14H2,1-6H3,(H,23,25)/p+1/t16-/m0/s1. The summed E-state index contributed by atoms with van der Waals surface area (Å²) in [6, 6.07) is 11.1. The first kappa shape index (κ1) is 21.6. The molecule has 0 radical (unpaired) electrons. The maximum Gasteiger partial charge on any atom is 0.282 e. The van der Waals surface area contributed by atoms with Crippen molar-refractivity contribution in [1.29, 1.82) is 0 Å². The highest BCUT2D eigenvalue weighted by molar-refractivity contribution is 5.93. The summed E-state index contributed by atoms with van der Waals surface area (Å²) < 4.78 is 16.2. The number of carbonyl (C=O) groups is 1. The van der Waals surface area contributed by atoms with Gasteiger partial charge in [0.1, 0.15) is 12.3 Å². The van der Waals surface area contributed by atoms with Crippen LogP contribution in [-0.4, -0.2) is 39.8 Å². The molecule has 6 nitrogen and oxygen atoms in total. The van der Waals surface area contributed by atoms with Crippen LogP contribution in [0.25, 0.3) is 0 Å². The fraction of sp³-hybridized carbons (Fsp3) is 0.409. The number of carbonyl (C=O) groups excluding carboxylic acids is 1. The second kappa shape index (κ2) is 9.99. The first-order chi connectivity index (χ1) is 13.4. The number of nitrogens with one attached hydrogen (secondary N) is 2. The minimum Gasteiger partial charge on any atom is -0.494 e. The second-order valence-electron chi connectivity index (χ2n) is 6.83. The third kappa shape index (κ3) is 5.39. The Bertz CT molecular complexity index is 790. The molecule has 6 heteroatoms. The molecule has 2 atom stereocenters. The number of methoxy groups -OCH3 is 2. The van der Waals surface area contributed by atoms with E-state index < -0.39 is 0 Å². The quantitative estimate of drug-likeness (QED) is 0.694. The molecule has 0 fully saturated rings. The second-order valence-corrected chi connectivity index (χ2v) is 6.83. The Morgan fingerprint density at radius 3 is 2.29 bits per heavy atom. The Morgan fingerprint density at radius 2 is 1.71 bits per heavy atom. The van der Waals surface area contributed by atoms with Crippen molar-refractivity contribution in [2.45, 2.75) is 33.4 Å². The number of aryl methyl sites for hydroxylation is 1. The number of quaternary nitrogens is 1. The van der Waals surface area contributed by atoms with Gasteiger partial charge in [-0.1, -0.05) is 0 Å². The SMILES string of the molecule is CCOc1ccc(NC(=O)[C@H](C)[NH+](C)Cc2cc(OC)c(OC)cc2C)cc1. The number of benzene rings is 2. The van der Waals surface area contributed by atoms with Crippen molar-refractivity contribution < 1.29 is 23.9 Å². The van der Waals surface area contributed by atoms with E-state index in [-0.39, 0.29) is 11.9 Å². The van der Waals surface area contributed by atoms with Gasteiger partial charge >= 0.3 is 0 Å². The fourth-order valence-corrected chi connectivity index (χ4v) is 2.94. The maximum absolute atomic E-state index is 12.7. The van der Waals surface area contributed by atoms with Gasteiger partial charge in [-0.05, 0) is 62.7 Å². The van der Waals surface area contributed by atoms with Gasteiger partial charge in [-0.25, -0.2) is 0 Å². The number of ether oxygens (including phenoxy) is 3. The summed E-state index contributed by atoms with van der Waals surface area (Å²) in [5, 5.41) is 2.97. The summed E-state index contributed by atoms with van der Waals surface area (Å²) >= 11 is 0. The monoisotopic (exact) mass is 387 g/mol. The Labute approximate surface area is 167 Å². The molecule has 0 aliphatic heterocycles. The first-order valence-corrected chi connectivity index (χ1v) is 9.47. The molecule has 0 aromatic heterocycles. The normalized spacial score (nSPS) is 12.8. The Morgan fingerprint density at radius 1 is 1.11 bits per heavy atom. The lowest BCUT2D eigenvalue weighted by Crippen LogP contribution is -3.12. The van der Waals surface area contributed by atoms with E-state index in [0.717, 1.165) is 27.5 Å². The molecule has 0 aliphatic rings. The average Bonchev–Trinajstić information content (AvgIpc) is 2.70. The summed E-state index contributed by atoms with van der Waals surface area (Å²) in [4.78, 5) is 13.7. The van der Waals surface area contributed by atoms with Crippen molar-refractivity contribution in [2.24, 2.45) is 0 Å². The summed E-state index contributed by atoms with van der Waals surface area (Å²) in [7, 11) is 5.26. The van der Waals surface area contributed by atoms with Gasteiger partial charge in [0.05, 0.1) is 27.9 Å². The average molecular weight is 388 g/mol. The van der Waals surface area contributed by atoms with Crippen molar-refractivity contribution in [3.05, 3.63) is 47.5 Å². The molecule has 0 bridgehead atoms. The number of anilines is 1. The summed E-state index contributed by atoms with van der Waals surface area (Å²) in [6.45, 7) is 7.22. The summed E-state index contributed by atoms with van der Waals surface area (Å²) in [5.41, 5.74) is 2.99. The van der Waals surface area contributed by atoms with Gasteiger partial charge in [0, 0.05) is 11.3 Å². The van der Waals surface area contributed by atoms with Crippen LogP contribution in [0.15, 0.2) is 36.4 Å². The lowest BCUT2D eigenvalue weighted by Gasteiger charge is -2.22. The van der Waals surface area contributed by atoms with Crippen LogP contribution in [0.2, 0.25) is 0 Å². The van der Waals surface area contributed by atoms with E-state index in [1.54, 1.807) is 14.2 Å². The van der Waals surface area contributed by atoms with Gasteiger partial charge in [-0.2, -0.15) is 0 Å². The van der Waals surface area contributed by atoms with Crippen LogP contribution in [0.1, 0.15) is 25.0 Å². The topological polar surface area (TPSA) is 61.2 Å².